The molecule has 6 heteroatoms. The Balaban J connectivity index is 2.65. The molecule has 0 radical (unpaired) electrons. The highest BCUT2D eigenvalue weighted by Gasteiger charge is 2.46. The Labute approximate surface area is 105 Å². The smallest absolute Gasteiger partial charge is 0.351 e. The highest BCUT2D eigenvalue weighted by atomic mass is 19.4. The molecule has 3 N–H and O–H groups in total. The van der Waals surface area contributed by atoms with Crippen molar-refractivity contribution < 1.29 is 18.0 Å². The Morgan fingerprint density at radius 2 is 1.83 bits per heavy atom. The Kier molecular flexibility index (Phi) is 5.01. The number of halogens is 3. The van der Waals surface area contributed by atoms with Crippen LogP contribution in [0.25, 0.3) is 0 Å². The van der Waals surface area contributed by atoms with Gasteiger partial charge in [-0.2, -0.15) is 13.2 Å². The molecule has 3 nitrogen and oxygen atoms in total. The summed E-state index contributed by atoms with van der Waals surface area (Å²) in [6, 6.07) is -1.57. The van der Waals surface area contributed by atoms with Gasteiger partial charge in [0.2, 0.25) is 5.91 Å². The lowest BCUT2D eigenvalue weighted by atomic mass is 9.83. The predicted molar refractivity (Wildman–Crippen MR) is 62.8 cm³/mol. The van der Waals surface area contributed by atoms with Crippen molar-refractivity contribution in [2.75, 3.05) is 0 Å². The third-order valence-corrected chi connectivity index (χ3v) is 3.54. The van der Waals surface area contributed by atoms with E-state index in [1.165, 1.54) is 0 Å². The molecule has 0 aromatic heterocycles. The van der Waals surface area contributed by atoms with Gasteiger partial charge < -0.3 is 11.1 Å². The molecule has 0 saturated heterocycles. The summed E-state index contributed by atoms with van der Waals surface area (Å²) >= 11 is 0. The fraction of sp³-hybridized carbons (Fsp3) is 0.917. The summed E-state index contributed by atoms with van der Waals surface area (Å²) in [5.41, 5.74) is 5.64. The van der Waals surface area contributed by atoms with E-state index in [0.29, 0.717) is 19.3 Å². The van der Waals surface area contributed by atoms with E-state index >= 15 is 0 Å². The predicted octanol–water partition coefficient (Wildman–Crippen LogP) is 2.21. The molecule has 1 aliphatic rings. The monoisotopic (exact) mass is 266 g/mol. The minimum atomic E-state index is -4.25. The quantitative estimate of drug-likeness (QED) is 0.823. The van der Waals surface area contributed by atoms with Crippen LogP contribution in [0, 0.1) is 11.8 Å². The SMILES string of the molecule is CC(C)C(N)C(=O)NC1CCCCC1C(F)(F)F. The molecule has 106 valence electrons. The second kappa shape index (κ2) is 5.91. The third kappa shape index (κ3) is 3.86. The van der Waals surface area contributed by atoms with Gasteiger partial charge >= 0.3 is 6.18 Å². The van der Waals surface area contributed by atoms with Crippen molar-refractivity contribution in [3.05, 3.63) is 0 Å². The van der Waals surface area contributed by atoms with E-state index in [1.807, 2.05) is 0 Å². The molecular weight excluding hydrogens is 245 g/mol. The van der Waals surface area contributed by atoms with Gasteiger partial charge in [0, 0.05) is 6.04 Å². The average Bonchev–Trinajstić information content (AvgIpc) is 2.27. The number of alkyl halides is 3. The summed E-state index contributed by atoms with van der Waals surface area (Å²) in [7, 11) is 0. The lowest BCUT2D eigenvalue weighted by Crippen LogP contribution is -2.53. The molecule has 1 aliphatic carbocycles. The number of nitrogens with two attached hydrogens (primary N) is 1. The van der Waals surface area contributed by atoms with Gasteiger partial charge in [0.05, 0.1) is 12.0 Å². The fourth-order valence-corrected chi connectivity index (χ4v) is 2.28. The number of hydrogen-bond donors (Lipinski definition) is 2. The van der Waals surface area contributed by atoms with Crippen molar-refractivity contribution in [3.63, 3.8) is 0 Å². The molecule has 1 fully saturated rings. The topological polar surface area (TPSA) is 55.1 Å². The highest BCUT2D eigenvalue weighted by molar-refractivity contribution is 5.82. The Morgan fingerprint density at radius 3 is 2.33 bits per heavy atom. The number of hydrogen-bond acceptors (Lipinski definition) is 2. The van der Waals surface area contributed by atoms with E-state index in [1.54, 1.807) is 13.8 Å². The molecule has 0 aromatic rings. The first kappa shape index (κ1) is 15.3. The third-order valence-electron chi connectivity index (χ3n) is 3.54. The zero-order valence-corrected chi connectivity index (χ0v) is 10.8. The number of nitrogens with one attached hydrogen (secondary N) is 1. The van der Waals surface area contributed by atoms with Crippen LogP contribution < -0.4 is 11.1 Å². The summed E-state index contributed by atoms with van der Waals surface area (Å²) in [4.78, 5) is 11.7. The maximum Gasteiger partial charge on any atom is 0.393 e. The van der Waals surface area contributed by atoms with E-state index in [9.17, 15) is 18.0 Å². The summed E-state index contributed by atoms with van der Waals surface area (Å²) in [6.07, 6.45) is -2.51. The molecule has 3 atom stereocenters. The minimum absolute atomic E-state index is 0.0853. The zero-order chi connectivity index (χ0) is 13.9. The van der Waals surface area contributed by atoms with Gasteiger partial charge in [0.25, 0.3) is 0 Å². The molecule has 1 rings (SSSR count). The van der Waals surface area contributed by atoms with Crippen molar-refractivity contribution in [1.82, 2.24) is 5.32 Å². The van der Waals surface area contributed by atoms with Gasteiger partial charge in [-0.25, -0.2) is 0 Å². The van der Waals surface area contributed by atoms with E-state index in [-0.39, 0.29) is 12.3 Å². The van der Waals surface area contributed by atoms with Crippen LogP contribution in [0.3, 0.4) is 0 Å². The molecule has 0 spiro atoms. The van der Waals surface area contributed by atoms with Crippen LogP contribution in [0.2, 0.25) is 0 Å². The van der Waals surface area contributed by atoms with Crippen LogP contribution in [-0.2, 0) is 4.79 Å². The molecule has 1 amide bonds. The van der Waals surface area contributed by atoms with Crippen LogP contribution in [0.5, 0.6) is 0 Å². The van der Waals surface area contributed by atoms with Gasteiger partial charge in [-0.15, -0.1) is 0 Å². The van der Waals surface area contributed by atoms with Crippen molar-refractivity contribution >= 4 is 5.91 Å². The standard InChI is InChI=1S/C12H21F3N2O/c1-7(2)10(16)11(18)17-9-6-4-3-5-8(9)12(13,14)15/h7-10H,3-6,16H2,1-2H3,(H,17,18). The van der Waals surface area contributed by atoms with Crippen LogP contribution in [0.4, 0.5) is 13.2 Å². The summed E-state index contributed by atoms with van der Waals surface area (Å²) in [5.74, 6) is -2.00. The van der Waals surface area contributed by atoms with E-state index < -0.39 is 30.1 Å². The van der Waals surface area contributed by atoms with Crippen molar-refractivity contribution in [2.45, 2.75) is 57.8 Å². The maximum absolute atomic E-state index is 12.8. The number of amides is 1. The van der Waals surface area contributed by atoms with Gasteiger partial charge in [0.15, 0.2) is 0 Å². The minimum Gasteiger partial charge on any atom is -0.351 e. The highest BCUT2D eigenvalue weighted by Crippen LogP contribution is 2.37. The number of rotatable bonds is 3. The molecular formula is C12H21F3N2O. The zero-order valence-electron chi connectivity index (χ0n) is 10.8. The van der Waals surface area contributed by atoms with E-state index in [4.69, 9.17) is 5.73 Å². The normalized spacial score (nSPS) is 27.1. The van der Waals surface area contributed by atoms with Crippen molar-refractivity contribution in [1.29, 1.82) is 0 Å². The fourth-order valence-electron chi connectivity index (χ4n) is 2.28. The summed E-state index contributed by atoms with van der Waals surface area (Å²) in [5, 5.41) is 2.47. The molecule has 18 heavy (non-hydrogen) atoms. The van der Waals surface area contributed by atoms with Gasteiger partial charge in [-0.05, 0) is 18.8 Å². The molecule has 0 bridgehead atoms. The number of carbonyl (C=O) groups is 1. The Morgan fingerprint density at radius 1 is 1.28 bits per heavy atom. The van der Waals surface area contributed by atoms with Crippen LogP contribution in [0.15, 0.2) is 0 Å². The first-order chi connectivity index (χ1) is 8.23. The van der Waals surface area contributed by atoms with Gasteiger partial charge in [0.1, 0.15) is 0 Å². The van der Waals surface area contributed by atoms with Crippen LogP contribution in [0.1, 0.15) is 39.5 Å². The second-order valence-electron chi connectivity index (χ2n) is 5.32. The largest absolute Gasteiger partial charge is 0.393 e. The first-order valence-electron chi connectivity index (χ1n) is 6.36. The van der Waals surface area contributed by atoms with Crippen LogP contribution in [-0.4, -0.2) is 24.2 Å². The van der Waals surface area contributed by atoms with Crippen LogP contribution >= 0.6 is 0 Å². The van der Waals surface area contributed by atoms with Crippen molar-refractivity contribution in [2.24, 2.45) is 17.6 Å². The lowest BCUT2D eigenvalue weighted by molar-refractivity contribution is -0.189. The van der Waals surface area contributed by atoms with Gasteiger partial charge in [-0.3, -0.25) is 4.79 Å². The maximum atomic E-state index is 12.8. The van der Waals surface area contributed by atoms with Gasteiger partial charge in [-0.1, -0.05) is 26.7 Å². The second-order valence-corrected chi connectivity index (χ2v) is 5.32. The Bertz CT molecular complexity index is 292. The first-order valence-corrected chi connectivity index (χ1v) is 6.36. The molecule has 0 aliphatic heterocycles. The number of carbonyl (C=O) groups excluding carboxylic acids is 1. The molecule has 3 unspecified atom stereocenters. The van der Waals surface area contributed by atoms with E-state index in [0.717, 1.165) is 0 Å². The van der Waals surface area contributed by atoms with Crippen molar-refractivity contribution in [3.8, 4) is 0 Å². The molecule has 0 aromatic carbocycles. The summed E-state index contributed by atoms with van der Waals surface area (Å²) in [6.45, 7) is 3.54. The average molecular weight is 266 g/mol. The molecule has 0 heterocycles. The summed E-state index contributed by atoms with van der Waals surface area (Å²) < 4.78 is 38.5. The Hall–Kier alpha value is -0.780. The molecule has 1 saturated carbocycles. The lowest BCUT2D eigenvalue weighted by Gasteiger charge is -2.34. The van der Waals surface area contributed by atoms with E-state index in [2.05, 4.69) is 5.32 Å².